The topological polar surface area (TPSA) is 75.7 Å². The minimum atomic E-state index is -4.01. The maximum atomic E-state index is 13.4. The molecule has 0 radical (unpaired) electrons. The van der Waals surface area contributed by atoms with Crippen molar-refractivity contribution in [2.24, 2.45) is 0 Å². The molecule has 3 aromatic carbocycles. The highest BCUT2D eigenvalue weighted by atomic mass is 35.5. The molecule has 0 atom stereocenters. The van der Waals surface area contributed by atoms with E-state index in [1.165, 1.54) is 12.1 Å². The first-order chi connectivity index (χ1) is 16.8. The number of nitrogens with zero attached hydrogens (tertiary/aromatic N) is 1. The molecule has 0 saturated carbocycles. The van der Waals surface area contributed by atoms with E-state index in [1.807, 2.05) is 31.2 Å². The number of rotatable bonds is 12. The first kappa shape index (κ1) is 26.6. The Balaban J connectivity index is 1.68. The van der Waals surface area contributed by atoms with Gasteiger partial charge in [0.05, 0.1) is 22.2 Å². The van der Waals surface area contributed by atoms with Crippen molar-refractivity contribution in [2.75, 3.05) is 24.0 Å². The van der Waals surface area contributed by atoms with Gasteiger partial charge in [-0.3, -0.25) is 9.10 Å². The Kier molecular flexibility index (Phi) is 9.57. The van der Waals surface area contributed by atoms with E-state index in [0.717, 1.165) is 34.0 Å². The molecule has 0 aromatic heterocycles. The molecule has 0 bridgehead atoms. The summed E-state index contributed by atoms with van der Waals surface area (Å²) in [4.78, 5) is 12.9. The van der Waals surface area contributed by atoms with Crippen LogP contribution in [0.1, 0.15) is 30.9 Å². The zero-order valence-corrected chi connectivity index (χ0v) is 21.6. The Morgan fingerprint density at radius 3 is 2.40 bits per heavy atom. The molecule has 6 nitrogen and oxygen atoms in total. The van der Waals surface area contributed by atoms with E-state index in [2.05, 4.69) is 12.2 Å². The van der Waals surface area contributed by atoms with E-state index in [1.54, 1.807) is 36.4 Å². The lowest BCUT2D eigenvalue weighted by atomic mass is 10.1. The van der Waals surface area contributed by atoms with Gasteiger partial charge in [0.1, 0.15) is 12.3 Å². The van der Waals surface area contributed by atoms with Gasteiger partial charge in [-0.25, -0.2) is 8.42 Å². The summed E-state index contributed by atoms with van der Waals surface area (Å²) in [6.07, 6.45) is 2.35. The Labute approximate surface area is 212 Å². The van der Waals surface area contributed by atoms with Crippen LogP contribution in [0.5, 0.6) is 5.75 Å². The van der Waals surface area contributed by atoms with Crippen LogP contribution in [-0.4, -0.2) is 34.0 Å². The number of sulfonamides is 1. The minimum Gasteiger partial charge on any atom is -0.493 e. The first-order valence-electron chi connectivity index (χ1n) is 11.6. The van der Waals surface area contributed by atoms with Gasteiger partial charge in [-0.1, -0.05) is 66.6 Å². The summed E-state index contributed by atoms with van der Waals surface area (Å²) in [7, 11) is -4.01. The van der Waals surface area contributed by atoms with Crippen molar-refractivity contribution in [1.29, 1.82) is 0 Å². The highest BCUT2D eigenvalue weighted by Crippen LogP contribution is 2.30. The summed E-state index contributed by atoms with van der Waals surface area (Å²) >= 11 is 6.32. The second-order valence-corrected chi connectivity index (χ2v) is 10.5. The van der Waals surface area contributed by atoms with Gasteiger partial charge >= 0.3 is 0 Å². The molecule has 0 unspecified atom stereocenters. The zero-order chi connectivity index (χ0) is 25.3. The summed E-state index contributed by atoms with van der Waals surface area (Å²) in [5, 5.41) is 3.09. The molecule has 0 fully saturated rings. The third-order valence-electron chi connectivity index (χ3n) is 5.40. The van der Waals surface area contributed by atoms with Gasteiger partial charge in [0.15, 0.2) is 0 Å². The third-order valence-corrected chi connectivity index (χ3v) is 7.49. The van der Waals surface area contributed by atoms with Crippen LogP contribution in [0.15, 0.2) is 77.7 Å². The second-order valence-electron chi connectivity index (χ2n) is 8.19. The molecule has 35 heavy (non-hydrogen) atoms. The first-order valence-corrected chi connectivity index (χ1v) is 13.5. The van der Waals surface area contributed by atoms with Gasteiger partial charge in [-0.15, -0.1) is 0 Å². The number of ether oxygens (including phenoxy) is 1. The van der Waals surface area contributed by atoms with Crippen molar-refractivity contribution < 1.29 is 17.9 Å². The molecule has 1 amide bonds. The molecule has 8 heteroatoms. The summed E-state index contributed by atoms with van der Waals surface area (Å²) in [6.45, 7) is 4.62. The van der Waals surface area contributed by atoms with Crippen LogP contribution in [0.2, 0.25) is 5.02 Å². The summed E-state index contributed by atoms with van der Waals surface area (Å²) in [5.41, 5.74) is 2.27. The molecule has 3 aromatic rings. The zero-order valence-electron chi connectivity index (χ0n) is 20.0. The summed E-state index contributed by atoms with van der Waals surface area (Å²) < 4.78 is 33.7. The van der Waals surface area contributed by atoms with Gasteiger partial charge in [0.2, 0.25) is 5.91 Å². The van der Waals surface area contributed by atoms with E-state index in [9.17, 15) is 13.2 Å². The van der Waals surface area contributed by atoms with Gasteiger partial charge in [-0.05, 0) is 62.1 Å². The lowest BCUT2D eigenvalue weighted by Gasteiger charge is -2.25. The van der Waals surface area contributed by atoms with E-state index < -0.39 is 15.9 Å². The smallest absolute Gasteiger partial charge is 0.264 e. The SMILES string of the molecule is CCCOc1ccccc1CCCNC(=O)CN(c1ccccc1Cl)S(=O)(=O)c1ccc(C)cc1. The Bertz CT molecular complexity index is 1230. The molecule has 0 aliphatic carbocycles. The fourth-order valence-electron chi connectivity index (χ4n) is 3.55. The van der Waals surface area contributed by atoms with Crippen LogP contribution in [0.3, 0.4) is 0 Å². The van der Waals surface area contributed by atoms with Gasteiger partial charge < -0.3 is 10.1 Å². The van der Waals surface area contributed by atoms with Crippen LogP contribution in [0.25, 0.3) is 0 Å². The van der Waals surface area contributed by atoms with Crippen molar-refractivity contribution in [2.45, 2.75) is 38.0 Å². The van der Waals surface area contributed by atoms with Crippen LogP contribution in [-0.2, 0) is 21.2 Å². The lowest BCUT2D eigenvalue weighted by Crippen LogP contribution is -2.41. The van der Waals surface area contributed by atoms with Crippen molar-refractivity contribution >= 4 is 33.2 Å². The largest absolute Gasteiger partial charge is 0.493 e. The minimum absolute atomic E-state index is 0.0968. The van der Waals surface area contributed by atoms with Crippen molar-refractivity contribution in [3.05, 3.63) is 88.9 Å². The molecule has 0 heterocycles. The highest BCUT2D eigenvalue weighted by Gasteiger charge is 2.28. The van der Waals surface area contributed by atoms with E-state index in [-0.39, 0.29) is 22.2 Å². The number of aryl methyl sites for hydroxylation is 2. The van der Waals surface area contributed by atoms with Crippen molar-refractivity contribution in [3.63, 3.8) is 0 Å². The molecule has 0 spiro atoms. The maximum absolute atomic E-state index is 13.4. The van der Waals surface area contributed by atoms with Crippen molar-refractivity contribution in [1.82, 2.24) is 5.32 Å². The Hall–Kier alpha value is -3.03. The van der Waals surface area contributed by atoms with Crippen molar-refractivity contribution in [3.8, 4) is 5.75 Å². The number of anilines is 1. The molecule has 0 saturated heterocycles. The number of halogens is 1. The molecule has 3 rings (SSSR count). The number of carbonyl (C=O) groups is 1. The van der Waals surface area contributed by atoms with E-state index in [0.29, 0.717) is 19.6 Å². The number of benzene rings is 3. The number of para-hydroxylation sites is 2. The predicted molar refractivity (Wildman–Crippen MR) is 141 cm³/mol. The van der Waals surface area contributed by atoms with Crippen LogP contribution >= 0.6 is 11.6 Å². The monoisotopic (exact) mass is 514 g/mol. The third kappa shape index (κ3) is 7.23. The Morgan fingerprint density at radius 1 is 1.00 bits per heavy atom. The summed E-state index contributed by atoms with van der Waals surface area (Å²) in [5.74, 6) is 0.450. The molecule has 0 aliphatic heterocycles. The molecule has 0 aliphatic rings. The second kappa shape index (κ2) is 12.6. The number of nitrogens with one attached hydrogen (secondary N) is 1. The van der Waals surface area contributed by atoms with E-state index in [4.69, 9.17) is 16.3 Å². The quantitative estimate of drug-likeness (QED) is 0.329. The lowest BCUT2D eigenvalue weighted by molar-refractivity contribution is -0.119. The van der Waals surface area contributed by atoms with Crippen LogP contribution in [0.4, 0.5) is 5.69 Å². The fraction of sp³-hybridized carbons (Fsp3) is 0.296. The van der Waals surface area contributed by atoms with E-state index >= 15 is 0 Å². The number of amides is 1. The van der Waals surface area contributed by atoms with Gasteiger partial charge in [0, 0.05) is 6.54 Å². The summed E-state index contributed by atoms with van der Waals surface area (Å²) in [6, 6.07) is 21.0. The molecule has 186 valence electrons. The average molecular weight is 515 g/mol. The van der Waals surface area contributed by atoms with Gasteiger partial charge in [-0.2, -0.15) is 0 Å². The predicted octanol–water partition coefficient (Wildman–Crippen LogP) is 5.38. The number of carbonyl (C=O) groups excluding carboxylic acids is 1. The standard InChI is InChI=1S/C27H31ClN2O4S/c1-3-19-34-26-13-7-4-9-22(26)10-8-18-29-27(31)20-30(25-12-6-5-11-24(25)28)35(32,33)23-16-14-21(2)15-17-23/h4-7,9,11-17H,3,8,10,18-20H2,1-2H3,(H,29,31). The average Bonchev–Trinajstić information content (AvgIpc) is 2.85. The normalized spacial score (nSPS) is 11.2. The molecular formula is C27H31ClN2O4S. The van der Waals surface area contributed by atoms with Crippen LogP contribution in [0, 0.1) is 6.92 Å². The fourth-order valence-corrected chi connectivity index (χ4v) is 5.28. The maximum Gasteiger partial charge on any atom is 0.264 e. The molecule has 1 N–H and O–H groups in total. The highest BCUT2D eigenvalue weighted by molar-refractivity contribution is 7.92. The van der Waals surface area contributed by atoms with Gasteiger partial charge in [0.25, 0.3) is 10.0 Å². The Morgan fingerprint density at radius 2 is 1.69 bits per heavy atom. The number of hydrogen-bond donors (Lipinski definition) is 1. The number of hydrogen-bond acceptors (Lipinski definition) is 4. The molecular weight excluding hydrogens is 484 g/mol. The van der Waals surface area contributed by atoms with Crippen LogP contribution < -0.4 is 14.4 Å².